The quantitative estimate of drug-likeness (QED) is 0.624. The molecule has 0 aliphatic heterocycles. The highest BCUT2D eigenvalue weighted by Gasteiger charge is 2.10. The minimum atomic E-state index is -3.74. The number of primary sulfonamides is 1. The molecule has 0 saturated heterocycles. The van der Waals surface area contributed by atoms with Crippen molar-refractivity contribution in [1.29, 1.82) is 0 Å². The van der Waals surface area contributed by atoms with E-state index in [2.05, 4.69) is 10.3 Å². The molecule has 0 aliphatic rings. The summed E-state index contributed by atoms with van der Waals surface area (Å²) in [7, 11) is -3.74. The number of thiazole rings is 1. The molecule has 2 aromatic carbocycles. The Bertz CT molecular complexity index is 1030. The Labute approximate surface area is 157 Å². The monoisotopic (exact) mass is 413 g/mol. The van der Waals surface area contributed by atoms with Gasteiger partial charge in [0.05, 0.1) is 20.9 Å². The topological polar surface area (TPSA) is 102 Å². The van der Waals surface area contributed by atoms with Crippen LogP contribution >= 0.6 is 34.7 Å². The number of carbonyl (C=O) groups is 1. The summed E-state index contributed by atoms with van der Waals surface area (Å²) in [6.07, 6.45) is 0. The highest BCUT2D eigenvalue weighted by Crippen LogP contribution is 2.31. The predicted octanol–water partition coefficient (Wildman–Crippen LogP) is 3.33. The molecule has 130 valence electrons. The molecule has 1 heterocycles. The van der Waals surface area contributed by atoms with Crippen LogP contribution in [0, 0.1) is 0 Å². The normalized spacial score (nSPS) is 11.6. The number of thioether (sulfide) groups is 1. The maximum atomic E-state index is 12.0. The van der Waals surface area contributed by atoms with E-state index in [0.29, 0.717) is 10.7 Å². The van der Waals surface area contributed by atoms with Crippen LogP contribution in [-0.4, -0.2) is 25.1 Å². The third-order valence-corrected chi connectivity index (χ3v) is 6.47. The number of hydrogen-bond donors (Lipinski definition) is 2. The maximum Gasteiger partial charge on any atom is 0.238 e. The number of benzene rings is 2. The predicted molar refractivity (Wildman–Crippen MR) is 102 cm³/mol. The number of halogens is 1. The molecule has 0 bridgehead atoms. The SMILES string of the molecule is NS(=O)(=O)c1ccc(NC(=O)CSc2nc3cc(Cl)ccc3s2)cc1. The van der Waals surface area contributed by atoms with Gasteiger partial charge >= 0.3 is 0 Å². The van der Waals surface area contributed by atoms with Crippen molar-refractivity contribution in [3.05, 3.63) is 47.5 Å². The molecule has 3 aromatic rings. The third-order valence-electron chi connectivity index (χ3n) is 3.12. The molecular weight excluding hydrogens is 402 g/mol. The van der Waals surface area contributed by atoms with Crippen LogP contribution in [0.5, 0.6) is 0 Å². The van der Waals surface area contributed by atoms with Crippen molar-refractivity contribution >= 4 is 66.5 Å². The van der Waals surface area contributed by atoms with Crippen molar-refractivity contribution in [1.82, 2.24) is 4.98 Å². The number of nitrogens with two attached hydrogens (primary N) is 1. The van der Waals surface area contributed by atoms with E-state index < -0.39 is 10.0 Å². The van der Waals surface area contributed by atoms with Gasteiger partial charge in [-0.25, -0.2) is 18.5 Å². The zero-order valence-electron chi connectivity index (χ0n) is 12.6. The lowest BCUT2D eigenvalue weighted by Gasteiger charge is -2.05. The van der Waals surface area contributed by atoms with Crippen LogP contribution in [0.25, 0.3) is 10.2 Å². The van der Waals surface area contributed by atoms with Crippen molar-refractivity contribution < 1.29 is 13.2 Å². The van der Waals surface area contributed by atoms with E-state index in [4.69, 9.17) is 16.7 Å². The van der Waals surface area contributed by atoms with E-state index in [0.717, 1.165) is 14.6 Å². The van der Waals surface area contributed by atoms with Crippen molar-refractivity contribution in [3.63, 3.8) is 0 Å². The van der Waals surface area contributed by atoms with Gasteiger partial charge in [-0.15, -0.1) is 11.3 Å². The van der Waals surface area contributed by atoms with Crippen LogP contribution in [0.3, 0.4) is 0 Å². The molecule has 1 aromatic heterocycles. The molecule has 0 fully saturated rings. The van der Waals surface area contributed by atoms with Gasteiger partial charge in [0.15, 0.2) is 4.34 Å². The lowest BCUT2D eigenvalue weighted by Crippen LogP contribution is -2.15. The molecule has 3 rings (SSSR count). The van der Waals surface area contributed by atoms with Gasteiger partial charge in [-0.05, 0) is 42.5 Å². The summed E-state index contributed by atoms with van der Waals surface area (Å²) < 4.78 is 24.2. The number of hydrogen-bond acceptors (Lipinski definition) is 6. The molecule has 0 spiro atoms. The summed E-state index contributed by atoms with van der Waals surface area (Å²) in [5.41, 5.74) is 1.30. The second-order valence-electron chi connectivity index (χ2n) is 5.00. The van der Waals surface area contributed by atoms with Crippen LogP contribution in [-0.2, 0) is 14.8 Å². The Morgan fingerprint density at radius 2 is 1.96 bits per heavy atom. The number of anilines is 1. The highest BCUT2D eigenvalue weighted by molar-refractivity contribution is 8.01. The second kappa shape index (κ2) is 7.30. The lowest BCUT2D eigenvalue weighted by atomic mass is 10.3. The zero-order valence-corrected chi connectivity index (χ0v) is 15.8. The first-order valence-corrected chi connectivity index (χ1v) is 10.7. The molecule has 1 amide bonds. The van der Waals surface area contributed by atoms with Gasteiger partial charge in [0.2, 0.25) is 15.9 Å². The minimum Gasteiger partial charge on any atom is -0.325 e. The molecule has 10 heteroatoms. The smallest absolute Gasteiger partial charge is 0.238 e. The van der Waals surface area contributed by atoms with Crippen LogP contribution in [0.1, 0.15) is 0 Å². The molecule has 0 unspecified atom stereocenters. The maximum absolute atomic E-state index is 12.0. The fourth-order valence-corrected chi connectivity index (χ4v) is 4.52. The van der Waals surface area contributed by atoms with Gasteiger partial charge in [-0.2, -0.15) is 0 Å². The first kappa shape index (κ1) is 18.2. The summed E-state index contributed by atoms with van der Waals surface area (Å²) in [6, 6.07) is 11.1. The molecular formula is C15H12ClN3O3S3. The van der Waals surface area contributed by atoms with Gasteiger partial charge < -0.3 is 5.32 Å². The number of nitrogens with zero attached hydrogens (tertiary/aromatic N) is 1. The summed E-state index contributed by atoms with van der Waals surface area (Å²) in [5.74, 6) is -0.0320. The van der Waals surface area contributed by atoms with Gasteiger partial charge in [-0.3, -0.25) is 4.79 Å². The zero-order chi connectivity index (χ0) is 18.0. The van der Waals surface area contributed by atoms with E-state index >= 15 is 0 Å². The molecule has 0 atom stereocenters. The average Bonchev–Trinajstić information content (AvgIpc) is 2.94. The first-order chi connectivity index (χ1) is 11.8. The minimum absolute atomic E-state index is 0.00647. The number of sulfonamides is 1. The molecule has 0 aliphatic carbocycles. The van der Waals surface area contributed by atoms with E-state index in [9.17, 15) is 13.2 Å². The fourth-order valence-electron chi connectivity index (χ4n) is 1.99. The number of carbonyl (C=O) groups excluding carboxylic acids is 1. The Morgan fingerprint density at radius 3 is 2.64 bits per heavy atom. The van der Waals surface area contributed by atoms with Crippen molar-refractivity contribution in [2.45, 2.75) is 9.24 Å². The van der Waals surface area contributed by atoms with Gasteiger partial charge in [0.25, 0.3) is 0 Å². The Kier molecular flexibility index (Phi) is 5.30. The summed E-state index contributed by atoms with van der Waals surface area (Å²) in [4.78, 5) is 16.4. The Balaban J connectivity index is 1.60. The average molecular weight is 414 g/mol. The van der Waals surface area contributed by atoms with E-state index in [1.54, 1.807) is 12.1 Å². The van der Waals surface area contributed by atoms with E-state index in [1.165, 1.54) is 47.4 Å². The third kappa shape index (κ3) is 4.71. The molecule has 25 heavy (non-hydrogen) atoms. The van der Waals surface area contributed by atoms with Crippen LogP contribution < -0.4 is 10.5 Å². The molecule has 6 nitrogen and oxygen atoms in total. The van der Waals surface area contributed by atoms with E-state index in [1.807, 2.05) is 6.07 Å². The number of rotatable bonds is 5. The largest absolute Gasteiger partial charge is 0.325 e. The van der Waals surface area contributed by atoms with Gasteiger partial charge in [0.1, 0.15) is 0 Å². The lowest BCUT2D eigenvalue weighted by molar-refractivity contribution is -0.113. The summed E-state index contributed by atoms with van der Waals surface area (Å²) >= 11 is 8.75. The van der Waals surface area contributed by atoms with Crippen LogP contribution in [0.15, 0.2) is 51.7 Å². The number of aromatic nitrogens is 1. The van der Waals surface area contributed by atoms with Crippen molar-refractivity contribution in [3.8, 4) is 0 Å². The van der Waals surface area contributed by atoms with Crippen LogP contribution in [0.4, 0.5) is 5.69 Å². The number of nitrogens with one attached hydrogen (secondary N) is 1. The highest BCUT2D eigenvalue weighted by atomic mass is 35.5. The van der Waals surface area contributed by atoms with Gasteiger partial charge in [-0.1, -0.05) is 23.4 Å². The molecule has 0 radical (unpaired) electrons. The first-order valence-electron chi connectivity index (χ1n) is 6.93. The number of fused-ring (bicyclic) bond motifs is 1. The Hall–Kier alpha value is -1.65. The van der Waals surface area contributed by atoms with Crippen molar-refractivity contribution in [2.75, 3.05) is 11.1 Å². The van der Waals surface area contributed by atoms with Gasteiger partial charge in [0, 0.05) is 10.7 Å². The molecule has 0 saturated carbocycles. The standard InChI is InChI=1S/C15H12ClN3O3S3/c16-9-1-6-13-12(7-9)19-15(24-13)23-8-14(20)18-10-2-4-11(5-3-10)25(17,21)22/h1-7H,8H2,(H,18,20)(H2,17,21,22). The summed E-state index contributed by atoms with van der Waals surface area (Å²) in [6.45, 7) is 0. The summed E-state index contributed by atoms with van der Waals surface area (Å²) in [5, 5.41) is 8.34. The van der Waals surface area contributed by atoms with Crippen LogP contribution in [0.2, 0.25) is 5.02 Å². The second-order valence-corrected chi connectivity index (χ2v) is 9.25. The number of amides is 1. The van der Waals surface area contributed by atoms with Crippen molar-refractivity contribution in [2.24, 2.45) is 5.14 Å². The fraction of sp³-hybridized carbons (Fsp3) is 0.0667. The molecule has 3 N–H and O–H groups in total. The van der Waals surface area contributed by atoms with E-state index in [-0.39, 0.29) is 16.6 Å². The Morgan fingerprint density at radius 1 is 1.24 bits per heavy atom.